The first-order valence-electron chi connectivity index (χ1n) is 7.72. The van der Waals surface area contributed by atoms with Gasteiger partial charge in [-0.2, -0.15) is 13.2 Å². The standard InChI is InChI=1S/C16H19F3N2O3.ClH/c17-16(18,19)8-5-14(22)21-12-3-1-11(2-4-12)15(23)24-13-6-9-20-10-7-13;/h1-4,13,20H,5-10H2,(H,21,22);1H. The van der Waals surface area contributed by atoms with Gasteiger partial charge in [-0.25, -0.2) is 4.79 Å². The second-order valence-corrected chi connectivity index (χ2v) is 5.60. The highest BCUT2D eigenvalue weighted by Crippen LogP contribution is 2.22. The highest BCUT2D eigenvalue weighted by molar-refractivity contribution is 5.93. The molecule has 1 saturated heterocycles. The van der Waals surface area contributed by atoms with Gasteiger partial charge >= 0.3 is 12.1 Å². The monoisotopic (exact) mass is 380 g/mol. The van der Waals surface area contributed by atoms with E-state index >= 15 is 0 Å². The van der Waals surface area contributed by atoms with Crippen molar-refractivity contribution in [1.82, 2.24) is 5.32 Å². The van der Waals surface area contributed by atoms with Crippen LogP contribution in [0.15, 0.2) is 24.3 Å². The van der Waals surface area contributed by atoms with Crippen molar-refractivity contribution in [2.75, 3.05) is 18.4 Å². The first-order chi connectivity index (χ1) is 11.3. The average Bonchev–Trinajstić information content (AvgIpc) is 2.54. The van der Waals surface area contributed by atoms with Crippen molar-refractivity contribution < 1.29 is 27.5 Å². The molecule has 0 saturated carbocycles. The van der Waals surface area contributed by atoms with Crippen LogP contribution in [0.4, 0.5) is 18.9 Å². The Labute approximate surface area is 149 Å². The number of rotatable bonds is 5. The molecule has 1 aromatic carbocycles. The van der Waals surface area contributed by atoms with Crippen LogP contribution in [0, 0.1) is 0 Å². The Hall–Kier alpha value is -1.80. The van der Waals surface area contributed by atoms with Crippen molar-refractivity contribution in [3.05, 3.63) is 29.8 Å². The molecule has 0 atom stereocenters. The number of benzene rings is 1. The molecule has 1 aromatic rings. The average molecular weight is 381 g/mol. The fourth-order valence-corrected chi connectivity index (χ4v) is 2.30. The first-order valence-corrected chi connectivity index (χ1v) is 7.72. The summed E-state index contributed by atoms with van der Waals surface area (Å²) in [5.74, 6) is -1.17. The second kappa shape index (κ2) is 9.62. The number of ether oxygens (including phenoxy) is 1. The van der Waals surface area contributed by atoms with Gasteiger partial charge in [-0.15, -0.1) is 12.4 Å². The molecule has 1 aliphatic rings. The number of amides is 1. The quantitative estimate of drug-likeness (QED) is 0.769. The Balaban J connectivity index is 0.00000312. The lowest BCUT2D eigenvalue weighted by Crippen LogP contribution is -2.33. The minimum atomic E-state index is -4.36. The molecule has 0 aliphatic carbocycles. The maximum atomic E-state index is 12.1. The largest absolute Gasteiger partial charge is 0.459 e. The van der Waals surface area contributed by atoms with Gasteiger partial charge in [0.15, 0.2) is 0 Å². The Morgan fingerprint density at radius 3 is 2.32 bits per heavy atom. The number of carbonyl (C=O) groups excluding carboxylic acids is 2. The summed E-state index contributed by atoms with van der Waals surface area (Å²) in [7, 11) is 0. The van der Waals surface area contributed by atoms with Crippen molar-refractivity contribution in [3.63, 3.8) is 0 Å². The Kier molecular flexibility index (Phi) is 8.18. The van der Waals surface area contributed by atoms with Crippen molar-refractivity contribution in [1.29, 1.82) is 0 Å². The summed E-state index contributed by atoms with van der Waals surface area (Å²) in [5, 5.41) is 5.53. The molecular weight excluding hydrogens is 361 g/mol. The van der Waals surface area contributed by atoms with E-state index in [1.807, 2.05) is 0 Å². The second-order valence-electron chi connectivity index (χ2n) is 5.60. The Bertz CT molecular complexity index is 573. The molecule has 2 rings (SSSR count). The molecule has 1 fully saturated rings. The van der Waals surface area contributed by atoms with Crippen LogP contribution in [-0.2, 0) is 9.53 Å². The highest BCUT2D eigenvalue weighted by atomic mass is 35.5. The number of hydrogen-bond donors (Lipinski definition) is 2. The lowest BCUT2D eigenvalue weighted by molar-refractivity contribution is -0.142. The van der Waals surface area contributed by atoms with E-state index in [2.05, 4.69) is 10.6 Å². The van der Waals surface area contributed by atoms with Crippen molar-refractivity contribution >= 4 is 30.0 Å². The molecule has 2 N–H and O–H groups in total. The predicted octanol–water partition coefficient (Wildman–Crippen LogP) is 3.30. The van der Waals surface area contributed by atoms with Crippen LogP contribution in [0.2, 0.25) is 0 Å². The normalized spacial score (nSPS) is 15.2. The number of carbonyl (C=O) groups is 2. The maximum Gasteiger partial charge on any atom is 0.389 e. The van der Waals surface area contributed by atoms with Gasteiger partial charge in [-0.3, -0.25) is 4.79 Å². The summed E-state index contributed by atoms with van der Waals surface area (Å²) in [6, 6.07) is 5.88. The van der Waals surface area contributed by atoms with Gasteiger partial charge < -0.3 is 15.4 Å². The summed E-state index contributed by atoms with van der Waals surface area (Å²) in [4.78, 5) is 23.4. The fraction of sp³-hybridized carbons (Fsp3) is 0.500. The molecular formula is C16H20ClF3N2O3. The molecule has 9 heteroatoms. The number of halogens is 4. The fourth-order valence-electron chi connectivity index (χ4n) is 2.30. The third kappa shape index (κ3) is 7.74. The van der Waals surface area contributed by atoms with Crippen LogP contribution in [-0.4, -0.2) is 37.2 Å². The van der Waals surface area contributed by atoms with E-state index in [-0.39, 0.29) is 18.5 Å². The number of piperidine rings is 1. The lowest BCUT2D eigenvalue weighted by atomic mass is 10.1. The van der Waals surface area contributed by atoms with Gasteiger partial charge in [0.25, 0.3) is 0 Å². The molecule has 0 unspecified atom stereocenters. The van der Waals surface area contributed by atoms with Crippen LogP contribution in [0.1, 0.15) is 36.0 Å². The van der Waals surface area contributed by atoms with Gasteiger partial charge in [-0.1, -0.05) is 0 Å². The van der Waals surface area contributed by atoms with Gasteiger partial charge in [0.05, 0.1) is 12.0 Å². The summed E-state index contributed by atoms with van der Waals surface area (Å²) >= 11 is 0. The SMILES string of the molecule is Cl.O=C(CCC(F)(F)F)Nc1ccc(C(=O)OC2CCNCC2)cc1. The van der Waals surface area contributed by atoms with Crippen molar-refractivity contribution in [3.8, 4) is 0 Å². The van der Waals surface area contributed by atoms with Crippen LogP contribution in [0.3, 0.4) is 0 Å². The van der Waals surface area contributed by atoms with E-state index in [0.29, 0.717) is 11.3 Å². The molecule has 1 aliphatic heterocycles. The number of nitrogens with one attached hydrogen (secondary N) is 2. The third-order valence-corrected chi connectivity index (χ3v) is 3.60. The van der Waals surface area contributed by atoms with E-state index in [4.69, 9.17) is 4.74 Å². The topological polar surface area (TPSA) is 67.4 Å². The Morgan fingerprint density at radius 2 is 1.76 bits per heavy atom. The van der Waals surface area contributed by atoms with Gasteiger partial charge in [0.2, 0.25) is 5.91 Å². The van der Waals surface area contributed by atoms with Crippen LogP contribution >= 0.6 is 12.4 Å². The smallest absolute Gasteiger partial charge is 0.389 e. The zero-order valence-electron chi connectivity index (χ0n) is 13.4. The minimum Gasteiger partial charge on any atom is -0.459 e. The van der Waals surface area contributed by atoms with E-state index < -0.39 is 30.9 Å². The minimum absolute atomic E-state index is 0. The van der Waals surface area contributed by atoms with Crippen LogP contribution in [0.25, 0.3) is 0 Å². The Morgan fingerprint density at radius 1 is 1.16 bits per heavy atom. The van der Waals surface area contributed by atoms with E-state index in [1.165, 1.54) is 24.3 Å². The van der Waals surface area contributed by atoms with Gasteiger partial charge in [0, 0.05) is 12.1 Å². The zero-order valence-corrected chi connectivity index (χ0v) is 14.2. The number of esters is 1. The molecule has 1 amide bonds. The molecule has 1 heterocycles. The predicted molar refractivity (Wildman–Crippen MR) is 88.9 cm³/mol. The number of alkyl halides is 3. The first kappa shape index (κ1) is 21.2. The summed E-state index contributed by atoms with van der Waals surface area (Å²) in [5.41, 5.74) is 0.669. The molecule has 0 spiro atoms. The molecule has 25 heavy (non-hydrogen) atoms. The van der Waals surface area contributed by atoms with E-state index in [1.54, 1.807) is 0 Å². The molecule has 140 valence electrons. The molecule has 0 bridgehead atoms. The lowest BCUT2D eigenvalue weighted by Gasteiger charge is -2.22. The molecule has 0 aromatic heterocycles. The third-order valence-electron chi connectivity index (χ3n) is 3.60. The zero-order chi connectivity index (χ0) is 17.6. The van der Waals surface area contributed by atoms with E-state index in [0.717, 1.165) is 25.9 Å². The molecule has 0 radical (unpaired) electrons. The summed E-state index contributed by atoms with van der Waals surface area (Å²) < 4.78 is 41.5. The number of hydrogen-bond acceptors (Lipinski definition) is 4. The summed E-state index contributed by atoms with van der Waals surface area (Å²) in [6.07, 6.45) is -4.75. The van der Waals surface area contributed by atoms with Crippen molar-refractivity contribution in [2.45, 2.75) is 38.0 Å². The number of anilines is 1. The van der Waals surface area contributed by atoms with Gasteiger partial charge in [-0.05, 0) is 50.2 Å². The van der Waals surface area contributed by atoms with Crippen molar-refractivity contribution in [2.24, 2.45) is 0 Å². The van der Waals surface area contributed by atoms with Gasteiger partial charge in [0.1, 0.15) is 6.10 Å². The maximum absolute atomic E-state index is 12.1. The summed E-state index contributed by atoms with van der Waals surface area (Å²) in [6.45, 7) is 1.61. The van der Waals surface area contributed by atoms with Crippen LogP contribution < -0.4 is 10.6 Å². The molecule has 5 nitrogen and oxygen atoms in total. The highest BCUT2D eigenvalue weighted by Gasteiger charge is 2.27. The van der Waals surface area contributed by atoms with E-state index in [9.17, 15) is 22.8 Å². The van der Waals surface area contributed by atoms with Crippen LogP contribution in [0.5, 0.6) is 0 Å².